The van der Waals surface area contributed by atoms with E-state index in [1.807, 2.05) is 61.5 Å². The molecule has 1 heterocycles. The van der Waals surface area contributed by atoms with Gasteiger partial charge in [0.25, 0.3) is 0 Å². The van der Waals surface area contributed by atoms with Gasteiger partial charge in [-0.15, -0.1) is 0 Å². The highest BCUT2D eigenvalue weighted by Crippen LogP contribution is 2.27. The number of anilines is 4. The zero-order valence-corrected chi connectivity index (χ0v) is 15.0. The third-order valence-corrected chi connectivity index (χ3v) is 3.85. The molecular weight excluding hydrogens is 368 g/mol. The number of rotatable bonds is 5. The minimum Gasteiger partial charge on any atom is -0.495 e. The van der Waals surface area contributed by atoms with Gasteiger partial charge in [0.15, 0.2) is 0 Å². The number of hydrogen-bond acceptors (Lipinski definition) is 5. The van der Waals surface area contributed by atoms with Gasteiger partial charge in [-0.3, -0.25) is 0 Å². The van der Waals surface area contributed by atoms with Crippen molar-refractivity contribution in [3.05, 3.63) is 64.8 Å². The summed E-state index contributed by atoms with van der Waals surface area (Å²) in [6.45, 7) is 1.93. The lowest BCUT2D eigenvalue weighted by Gasteiger charge is -2.12. The maximum absolute atomic E-state index is 5.36. The number of halogens is 1. The van der Waals surface area contributed by atoms with E-state index in [0.29, 0.717) is 11.8 Å². The number of nitrogens with one attached hydrogen (secondary N) is 2. The van der Waals surface area contributed by atoms with Gasteiger partial charge in [0.2, 0.25) is 5.95 Å². The SMILES string of the molecule is COc1ccccc1Nc1cc(C)nc(Nc2ccc(Br)cc2)n1. The molecular formula is C18H17BrN4O. The highest BCUT2D eigenvalue weighted by Gasteiger charge is 2.06. The molecule has 2 N–H and O–H groups in total. The van der Waals surface area contributed by atoms with Gasteiger partial charge in [-0.25, -0.2) is 4.98 Å². The monoisotopic (exact) mass is 384 g/mol. The van der Waals surface area contributed by atoms with E-state index in [1.165, 1.54) is 0 Å². The second-order valence-corrected chi connectivity index (χ2v) is 6.09. The molecule has 0 amide bonds. The topological polar surface area (TPSA) is 59.1 Å². The predicted molar refractivity (Wildman–Crippen MR) is 100 cm³/mol. The fourth-order valence-corrected chi connectivity index (χ4v) is 2.50. The van der Waals surface area contributed by atoms with E-state index in [2.05, 4.69) is 36.5 Å². The van der Waals surface area contributed by atoms with Gasteiger partial charge in [-0.05, 0) is 43.3 Å². The first-order valence-corrected chi connectivity index (χ1v) is 8.21. The molecule has 0 aliphatic heterocycles. The van der Waals surface area contributed by atoms with Crippen LogP contribution in [0.25, 0.3) is 0 Å². The molecule has 3 rings (SSSR count). The van der Waals surface area contributed by atoms with Crippen LogP contribution in [-0.4, -0.2) is 17.1 Å². The van der Waals surface area contributed by atoms with Crippen molar-refractivity contribution in [2.45, 2.75) is 6.92 Å². The Hall–Kier alpha value is -2.60. The Morgan fingerprint density at radius 2 is 1.71 bits per heavy atom. The summed E-state index contributed by atoms with van der Waals surface area (Å²) in [7, 11) is 1.65. The number of aromatic nitrogens is 2. The predicted octanol–water partition coefficient (Wildman–Crippen LogP) is 5.04. The van der Waals surface area contributed by atoms with Gasteiger partial charge in [0, 0.05) is 21.9 Å². The Morgan fingerprint density at radius 3 is 2.46 bits per heavy atom. The first kappa shape index (κ1) is 16.3. The van der Waals surface area contributed by atoms with Gasteiger partial charge >= 0.3 is 0 Å². The smallest absolute Gasteiger partial charge is 0.229 e. The molecule has 0 unspecified atom stereocenters. The summed E-state index contributed by atoms with van der Waals surface area (Å²) in [5.74, 6) is 2.00. The number of ether oxygens (including phenoxy) is 1. The van der Waals surface area contributed by atoms with Crippen molar-refractivity contribution in [3.63, 3.8) is 0 Å². The van der Waals surface area contributed by atoms with Crippen LogP contribution in [-0.2, 0) is 0 Å². The lowest BCUT2D eigenvalue weighted by Crippen LogP contribution is -2.03. The van der Waals surface area contributed by atoms with Crippen LogP contribution >= 0.6 is 15.9 Å². The molecule has 0 atom stereocenters. The van der Waals surface area contributed by atoms with Crippen molar-refractivity contribution in [1.82, 2.24) is 9.97 Å². The highest BCUT2D eigenvalue weighted by molar-refractivity contribution is 9.10. The fourth-order valence-electron chi connectivity index (χ4n) is 2.24. The maximum atomic E-state index is 5.36. The number of hydrogen-bond donors (Lipinski definition) is 2. The molecule has 3 aromatic rings. The second-order valence-electron chi connectivity index (χ2n) is 5.18. The summed E-state index contributed by atoms with van der Waals surface area (Å²) in [4.78, 5) is 8.95. The summed E-state index contributed by atoms with van der Waals surface area (Å²) in [5, 5.41) is 6.49. The molecule has 2 aromatic carbocycles. The minimum absolute atomic E-state index is 0.537. The van der Waals surface area contributed by atoms with E-state index >= 15 is 0 Å². The first-order chi connectivity index (χ1) is 11.6. The van der Waals surface area contributed by atoms with Crippen LogP contribution in [0, 0.1) is 6.92 Å². The molecule has 122 valence electrons. The summed E-state index contributed by atoms with van der Waals surface area (Å²) in [6.07, 6.45) is 0. The second kappa shape index (κ2) is 7.31. The van der Waals surface area contributed by atoms with Crippen LogP contribution < -0.4 is 15.4 Å². The number of para-hydroxylation sites is 2. The molecule has 5 nitrogen and oxygen atoms in total. The lowest BCUT2D eigenvalue weighted by atomic mass is 10.3. The number of nitrogens with zero attached hydrogens (tertiary/aromatic N) is 2. The van der Waals surface area contributed by atoms with Crippen LogP contribution in [0.4, 0.5) is 23.1 Å². The Morgan fingerprint density at radius 1 is 0.958 bits per heavy atom. The van der Waals surface area contributed by atoms with Crippen molar-refractivity contribution in [1.29, 1.82) is 0 Å². The van der Waals surface area contributed by atoms with Gasteiger partial charge in [0.1, 0.15) is 11.6 Å². The average molecular weight is 385 g/mol. The molecule has 0 aliphatic carbocycles. The van der Waals surface area contributed by atoms with Gasteiger partial charge in [-0.1, -0.05) is 28.1 Å². The van der Waals surface area contributed by atoms with Crippen LogP contribution in [0.1, 0.15) is 5.69 Å². The van der Waals surface area contributed by atoms with Crippen molar-refractivity contribution in [2.75, 3.05) is 17.7 Å². The van der Waals surface area contributed by atoms with Crippen molar-refractivity contribution in [2.24, 2.45) is 0 Å². The Kier molecular flexibility index (Phi) is 4.96. The zero-order valence-electron chi connectivity index (χ0n) is 13.4. The summed E-state index contributed by atoms with van der Waals surface area (Å²) >= 11 is 3.42. The van der Waals surface area contributed by atoms with Crippen molar-refractivity contribution in [3.8, 4) is 5.75 Å². The molecule has 0 saturated carbocycles. The molecule has 24 heavy (non-hydrogen) atoms. The van der Waals surface area contributed by atoms with E-state index in [1.54, 1.807) is 7.11 Å². The number of benzene rings is 2. The lowest BCUT2D eigenvalue weighted by molar-refractivity contribution is 0.417. The Bertz CT molecular complexity index is 837. The van der Waals surface area contributed by atoms with Crippen molar-refractivity contribution < 1.29 is 4.74 Å². The Balaban J connectivity index is 1.84. The third-order valence-electron chi connectivity index (χ3n) is 3.32. The highest BCUT2D eigenvalue weighted by atomic mass is 79.9. The maximum Gasteiger partial charge on any atom is 0.229 e. The molecule has 0 radical (unpaired) electrons. The minimum atomic E-state index is 0.537. The van der Waals surface area contributed by atoms with E-state index in [0.717, 1.165) is 27.3 Å². The van der Waals surface area contributed by atoms with Gasteiger partial charge in [0.05, 0.1) is 12.8 Å². The largest absolute Gasteiger partial charge is 0.495 e. The number of methoxy groups -OCH3 is 1. The van der Waals surface area contributed by atoms with Crippen LogP contribution in [0.2, 0.25) is 0 Å². The molecule has 0 aliphatic rings. The molecule has 1 aromatic heterocycles. The quantitative estimate of drug-likeness (QED) is 0.644. The molecule has 6 heteroatoms. The molecule has 0 fully saturated rings. The summed E-state index contributed by atoms with van der Waals surface area (Å²) in [5.41, 5.74) is 2.64. The van der Waals surface area contributed by atoms with E-state index in [9.17, 15) is 0 Å². The molecule has 0 bridgehead atoms. The standard InChI is InChI=1S/C18H17BrN4O/c1-12-11-17(22-15-5-3-4-6-16(15)24-2)23-18(20-12)21-14-9-7-13(19)8-10-14/h3-11H,1-2H3,(H2,20,21,22,23). The van der Waals surface area contributed by atoms with E-state index in [4.69, 9.17) is 4.74 Å². The summed E-state index contributed by atoms with van der Waals surface area (Å²) < 4.78 is 6.38. The molecule has 0 spiro atoms. The van der Waals surface area contributed by atoms with Crippen LogP contribution in [0.5, 0.6) is 5.75 Å². The Labute approximate surface area is 149 Å². The van der Waals surface area contributed by atoms with Gasteiger partial charge in [-0.2, -0.15) is 4.98 Å². The van der Waals surface area contributed by atoms with Crippen LogP contribution in [0.3, 0.4) is 0 Å². The van der Waals surface area contributed by atoms with E-state index < -0.39 is 0 Å². The average Bonchev–Trinajstić information content (AvgIpc) is 2.57. The van der Waals surface area contributed by atoms with E-state index in [-0.39, 0.29) is 0 Å². The van der Waals surface area contributed by atoms with Crippen LogP contribution in [0.15, 0.2) is 59.1 Å². The number of aryl methyl sites for hydroxylation is 1. The van der Waals surface area contributed by atoms with Crippen molar-refractivity contribution >= 4 is 39.1 Å². The van der Waals surface area contributed by atoms with Gasteiger partial charge < -0.3 is 15.4 Å². The fraction of sp³-hybridized carbons (Fsp3) is 0.111. The first-order valence-electron chi connectivity index (χ1n) is 7.42. The normalized spacial score (nSPS) is 10.3. The third kappa shape index (κ3) is 4.02. The molecule has 0 saturated heterocycles. The summed E-state index contributed by atoms with van der Waals surface area (Å²) in [6, 6.07) is 17.5. The zero-order chi connectivity index (χ0) is 16.9.